The van der Waals surface area contributed by atoms with Crippen LogP contribution in [0.4, 0.5) is 0 Å². The predicted molar refractivity (Wildman–Crippen MR) is 91.1 cm³/mol. The molecule has 2 atom stereocenters. The number of hydrogen-bond acceptors (Lipinski definition) is 6. The molecule has 2 aromatic rings. The summed E-state index contributed by atoms with van der Waals surface area (Å²) in [6, 6.07) is 8.72. The van der Waals surface area contributed by atoms with Crippen molar-refractivity contribution in [2.45, 2.75) is 26.0 Å². The summed E-state index contributed by atoms with van der Waals surface area (Å²) >= 11 is 0. The minimum atomic E-state index is -1.08. The van der Waals surface area contributed by atoms with Gasteiger partial charge in [-0.05, 0) is 11.1 Å². The Hall–Kier alpha value is -2.81. The van der Waals surface area contributed by atoms with Crippen molar-refractivity contribution >= 4 is 11.9 Å². The number of carboxylic acids is 1. The number of aliphatic carboxylic acids is 1. The van der Waals surface area contributed by atoms with Crippen LogP contribution in [0.25, 0.3) is 11.4 Å². The Balaban J connectivity index is 1.82. The highest BCUT2D eigenvalue weighted by atomic mass is 16.5. The fraction of sp³-hybridized carbons (Fsp3) is 0.471. The third kappa shape index (κ3) is 3.72. The molecular formula is C17H21N5O4. The van der Waals surface area contributed by atoms with E-state index in [1.165, 1.54) is 9.70 Å². The van der Waals surface area contributed by atoms with E-state index in [0.29, 0.717) is 12.4 Å². The molecule has 138 valence electrons. The second-order valence-electron chi connectivity index (χ2n) is 6.47. The number of hydrogen-bond donors (Lipinski definition) is 1. The second kappa shape index (κ2) is 7.61. The van der Waals surface area contributed by atoms with Gasteiger partial charge in [0, 0.05) is 12.1 Å². The molecular weight excluding hydrogens is 338 g/mol. The Morgan fingerprint density at radius 3 is 2.65 bits per heavy atom. The lowest BCUT2D eigenvalue weighted by molar-refractivity contribution is -0.161. The highest BCUT2D eigenvalue weighted by Gasteiger charge is 2.35. The molecule has 1 amide bonds. The molecule has 0 saturated carbocycles. The summed E-state index contributed by atoms with van der Waals surface area (Å²) in [5, 5.41) is 21.6. The van der Waals surface area contributed by atoms with E-state index in [2.05, 4.69) is 15.4 Å². The molecule has 1 aromatic heterocycles. The van der Waals surface area contributed by atoms with E-state index in [-0.39, 0.29) is 25.0 Å². The number of rotatable bonds is 5. The Morgan fingerprint density at radius 1 is 1.27 bits per heavy atom. The molecule has 1 saturated heterocycles. The van der Waals surface area contributed by atoms with Crippen molar-refractivity contribution in [2.24, 2.45) is 5.92 Å². The molecule has 9 heteroatoms. The number of carbonyl (C=O) groups excluding carboxylic acids is 1. The van der Waals surface area contributed by atoms with E-state index >= 15 is 0 Å². The number of morpholine rings is 1. The van der Waals surface area contributed by atoms with E-state index in [9.17, 15) is 9.59 Å². The highest BCUT2D eigenvalue weighted by molar-refractivity contribution is 5.82. The van der Waals surface area contributed by atoms with Crippen molar-refractivity contribution in [3.8, 4) is 11.4 Å². The van der Waals surface area contributed by atoms with Crippen LogP contribution in [0.1, 0.15) is 19.9 Å². The number of aromatic nitrogens is 4. The zero-order valence-electron chi connectivity index (χ0n) is 14.6. The van der Waals surface area contributed by atoms with Crippen molar-refractivity contribution in [3.05, 3.63) is 30.3 Å². The molecule has 0 radical (unpaired) electrons. The van der Waals surface area contributed by atoms with Gasteiger partial charge in [0.05, 0.1) is 13.2 Å². The lowest BCUT2D eigenvalue weighted by atomic mass is 10.0. The van der Waals surface area contributed by atoms with Crippen LogP contribution < -0.4 is 0 Å². The lowest BCUT2D eigenvalue weighted by Crippen LogP contribution is -2.51. The van der Waals surface area contributed by atoms with Crippen LogP contribution in [0.5, 0.6) is 0 Å². The van der Waals surface area contributed by atoms with E-state index in [0.717, 1.165) is 5.56 Å². The van der Waals surface area contributed by atoms with Gasteiger partial charge in [0.25, 0.3) is 0 Å². The molecule has 0 aliphatic carbocycles. The van der Waals surface area contributed by atoms with Crippen LogP contribution in [0.2, 0.25) is 0 Å². The van der Waals surface area contributed by atoms with E-state index < -0.39 is 18.1 Å². The van der Waals surface area contributed by atoms with Gasteiger partial charge in [-0.2, -0.15) is 4.80 Å². The monoisotopic (exact) mass is 359 g/mol. The van der Waals surface area contributed by atoms with Crippen molar-refractivity contribution in [3.63, 3.8) is 0 Å². The largest absolute Gasteiger partial charge is 0.479 e. The summed E-state index contributed by atoms with van der Waals surface area (Å²) in [5.41, 5.74) is 0.811. The van der Waals surface area contributed by atoms with Gasteiger partial charge in [0.2, 0.25) is 11.7 Å². The minimum Gasteiger partial charge on any atom is -0.479 e. The first-order valence-corrected chi connectivity index (χ1v) is 8.45. The van der Waals surface area contributed by atoms with Crippen LogP contribution >= 0.6 is 0 Å². The van der Waals surface area contributed by atoms with Gasteiger partial charge in [0.1, 0.15) is 0 Å². The summed E-state index contributed by atoms with van der Waals surface area (Å²) in [4.78, 5) is 27.0. The maximum atomic E-state index is 13.0. The third-order valence-electron chi connectivity index (χ3n) is 4.25. The molecule has 2 heterocycles. The Kier molecular flexibility index (Phi) is 5.27. The second-order valence-corrected chi connectivity index (χ2v) is 6.47. The molecule has 1 aliphatic rings. The molecule has 1 aromatic carbocycles. The van der Waals surface area contributed by atoms with Gasteiger partial charge >= 0.3 is 5.97 Å². The topological polar surface area (TPSA) is 110 Å². The summed E-state index contributed by atoms with van der Waals surface area (Å²) in [7, 11) is 0. The van der Waals surface area contributed by atoms with Gasteiger partial charge in [-0.15, -0.1) is 10.2 Å². The van der Waals surface area contributed by atoms with Gasteiger partial charge < -0.3 is 14.7 Å². The Morgan fingerprint density at radius 2 is 2.00 bits per heavy atom. The van der Waals surface area contributed by atoms with E-state index in [1.807, 2.05) is 44.2 Å². The maximum Gasteiger partial charge on any atom is 0.334 e. The summed E-state index contributed by atoms with van der Waals surface area (Å²) in [5.74, 6) is -0.957. The van der Waals surface area contributed by atoms with Crippen LogP contribution in [0, 0.1) is 5.92 Å². The van der Waals surface area contributed by atoms with Gasteiger partial charge in [-0.1, -0.05) is 44.2 Å². The van der Waals surface area contributed by atoms with Crippen molar-refractivity contribution < 1.29 is 19.4 Å². The fourth-order valence-corrected chi connectivity index (χ4v) is 2.88. The molecule has 3 rings (SSSR count). The number of benzene rings is 1. The zero-order chi connectivity index (χ0) is 18.7. The van der Waals surface area contributed by atoms with Crippen LogP contribution in [0.3, 0.4) is 0 Å². The quantitative estimate of drug-likeness (QED) is 0.842. The Labute approximate surface area is 150 Å². The number of carboxylic acid groups (broad SMARTS) is 1. The highest BCUT2D eigenvalue weighted by Crippen LogP contribution is 2.22. The molecule has 1 aliphatic heterocycles. The summed E-state index contributed by atoms with van der Waals surface area (Å²) in [6.07, 6.45) is -1.01. The first-order valence-electron chi connectivity index (χ1n) is 8.45. The number of carbonyl (C=O) groups is 2. The average molecular weight is 359 g/mol. The van der Waals surface area contributed by atoms with Gasteiger partial charge in [-0.3, -0.25) is 4.79 Å². The summed E-state index contributed by atoms with van der Waals surface area (Å²) in [6.45, 7) is 4.32. The summed E-state index contributed by atoms with van der Waals surface area (Å²) < 4.78 is 5.18. The van der Waals surface area contributed by atoms with Crippen molar-refractivity contribution in [1.29, 1.82) is 0 Å². The SMILES string of the molecule is CC(C)[C@@H](C(=O)N1CCO[C@@H](C(=O)O)C1)n1nnc(-c2ccccc2)n1. The predicted octanol–water partition coefficient (Wildman–Crippen LogP) is 0.849. The molecule has 1 fully saturated rings. The number of tetrazole rings is 1. The van der Waals surface area contributed by atoms with E-state index in [1.54, 1.807) is 0 Å². The minimum absolute atomic E-state index is 0.0115. The maximum absolute atomic E-state index is 13.0. The fourth-order valence-electron chi connectivity index (χ4n) is 2.88. The van der Waals surface area contributed by atoms with Crippen LogP contribution in [-0.4, -0.2) is 67.9 Å². The van der Waals surface area contributed by atoms with Crippen LogP contribution in [-0.2, 0) is 14.3 Å². The number of amides is 1. The first-order chi connectivity index (χ1) is 12.5. The molecule has 0 bridgehead atoms. The molecule has 0 spiro atoms. The first kappa shape index (κ1) is 18.0. The lowest BCUT2D eigenvalue weighted by Gasteiger charge is -2.33. The normalized spacial score (nSPS) is 18.7. The van der Waals surface area contributed by atoms with Crippen molar-refractivity contribution in [1.82, 2.24) is 25.1 Å². The smallest absolute Gasteiger partial charge is 0.334 e. The van der Waals surface area contributed by atoms with Crippen LogP contribution in [0.15, 0.2) is 30.3 Å². The molecule has 9 nitrogen and oxygen atoms in total. The van der Waals surface area contributed by atoms with E-state index in [4.69, 9.17) is 9.84 Å². The molecule has 26 heavy (non-hydrogen) atoms. The van der Waals surface area contributed by atoms with Crippen molar-refractivity contribution in [2.75, 3.05) is 19.7 Å². The van der Waals surface area contributed by atoms with Gasteiger partial charge in [-0.25, -0.2) is 4.79 Å². The third-order valence-corrected chi connectivity index (χ3v) is 4.25. The van der Waals surface area contributed by atoms with Gasteiger partial charge in [0.15, 0.2) is 12.1 Å². The number of nitrogens with zero attached hydrogens (tertiary/aromatic N) is 5. The average Bonchev–Trinajstić information content (AvgIpc) is 3.12. The number of ether oxygens (including phenoxy) is 1. The Bertz CT molecular complexity index is 776. The zero-order valence-corrected chi connectivity index (χ0v) is 14.6. The standard InChI is InChI=1S/C17H21N5O4/c1-11(2)14(16(23)21-8-9-26-13(10-21)17(24)25)22-19-15(18-20-22)12-6-4-3-5-7-12/h3-7,11,13-14H,8-10H2,1-2H3,(H,24,25)/t13-,14+/m1/s1. The molecule has 1 N–H and O–H groups in total. The molecule has 0 unspecified atom stereocenters.